The highest BCUT2D eigenvalue weighted by atomic mass is 35.5. The molecule has 8 heteroatoms. The number of nitrogens with zero attached hydrogens (tertiary/aromatic N) is 4. The molecule has 0 N–H and O–H groups in total. The van der Waals surface area contributed by atoms with Gasteiger partial charge in [0.15, 0.2) is 5.02 Å². The van der Waals surface area contributed by atoms with E-state index in [-0.39, 0.29) is 23.5 Å². The molecule has 0 radical (unpaired) electrons. The summed E-state index contributed by atoms with van der Waals surface area (Å²) in [6.07, 6.45) is 3.11. The summed E-state index contributed by atoms with van der Waals surface area (Å²) in [5, 5.41) is 14.6. The molecule has 7 nitrogen and oxygen atoms in total. The highest BCUT2D eigenvalue weighted by molar-refractivity contribution is 6.33. The zero-order chi connectivity index (χ0) is 14.9. The number of carbonyl (C=O) groups excluding carboxylic acids is 1. The summed E-state index contributed by atoms with van der Waals surface area (Å²) in [7, 11) is 0. The van der Waals surface area contributed by atoms with Crippen molar-refractivity contribution in [1.29, 1.82) is 0 Å². The summed E-state index contributed by atoms with van der Waals surface area (Å²) in [5.41, 5.74) is 0.441. The van der Waals surface area contributed by atoms with Gasteiger partial charge >= 0.3 is 5.82 Å². The molecule has 1 saturated heterocycles. The zero-order valence-electron chi connectivity index (χ0n) is 11.5. The summed E-state index contributed by atoms with van der Waals surface area (Å²) in [5.74, 6) is -0.474. The van der Waals surface area contributed by atoms with E-state index in [1.54, 1.807) is 6.92 Å². The number of nitro groups is 1. The number of rotatable bonds is 3. The molecular weight excluding hydrogens is 284 g/mol. The quantitative estimate of drug-likeness (QED) is 0.632. The van der Waals surface area contributed by atoms with E-state index in [9.17, 15) is 14.9 Å². The van der Waals surface area contributed by atoms with Gasteiger partial charge in [-0.15, -0.1) is 0 Å². The van der Waals surface area contributed by atoms with E-state index in [1.165, 1.54) is 4.68 Å². The van der Waals surface area contributed by atoms with Crippen LogP contribution in [-0.2, 0) is 11.3 Å². The first-order valence-electron chi connectivity index (χ1n) is 6.58. The van der Waals surface area contributed by atoms with Gasteiger partial charge in [0.1, 0.15) is 6.54 Å². The van der Waals surface area contributed by atoms with Crippen molar-refractivity contribution in [1.82, 2.24) is 14.7 Å². The van der Waals surface area contributed by atoms with Gasteiger partial charge in [0.05, 0.1) is 10.8 Å². The van der Waals surface area contributed by atoms with Crippen molar-refractivity contribution in [3.05, 3.63) is 20.8 Å². The van der Waals surface area contributed by atoms with Crippen LogP contribution in [0.1, 0.15) is 31.9 Å². The normalized spacial score (nSPS) is 19.1. The molecular formula is C12H17ClN4O3. The molecule has 0 spiro atoms. The van der Waals surface area contributed by atoms with Crippen molar-refractivity contribution in [2.75, 3.05) is 6.54 Å². The second kappa shape index (κ2) is 5.78. The largest absolute Gasteiger partial charge is 0.408 e. The zero-order valence-corrected chi connectivity index (χ0v) is 12.3. The van der Waals surface area contributed by atoms with Gasteiger partial charge < -0.3 is 15.0 Å². The van der Waals surface area contributed by atoms with Gasteiger partial charge in [0.25, 0.3) is 0 Å². The monoisotopic (exact) mass is 300 g/mol. The van der Waals surface area contributed by atoms with E-state index in [0.29, 0.717) is 5.69 Å². The Labute approximate surface area is 121 Å². The van der Waals surface area contributed by atoms with E-state index in [0.717, 1.165) is 25.8 Å². The van der Waals surface area contributed by atoms with Gasteiger partial charge in [-0.1, -0.05) is 11.6 Å². The Morgan fingerprint density at radius 1 is 1.55 bits per heavy atom. The number of piperidine rings is 1. The first-order valence-corrected chi connectivity index (χ1v) is 6.96. The Balaban J connectivity index is 2.15. The number of hydrogen-bond donors (Lipinski definition) is 0. The maximum Gasteiger partial charge on any atom is 0.408 e. The Hall–Kier alpha value is -1.63. The average Bonchev–Trinajstić information content (AvgIpc) is 2.67. The molecule has 0 unspecified atom stereocenters. The number of hydrogen-bond acceptors (Lipinski definition) is 4. The standard InChI is InChI=1S/C12H17ClN4O3/c1-8-5-3-4-6-15(8)10(18)7-16-9(2)11(13)12(14-16)17(19)20/h8H,3-7H2,1-2H3/t8-/m1/s1. The summed E-state index contributed by atoms with van der Waals surface area (Å²) < 4.78 is 1.31. The Morgan fingerprint density at radius 3 is 2.80 bits per heavy atom. The van der Waals surface area contributed by atoms with Crippen LogP contribution < -0.4 is 0 Å². The van der Waals surface area contributed by atoms with Crippen LogP contribution in [-0.4, -0.2) is 38.1 Å². The first-order chi connectivity index (χ1) is 9.41. The second-order valence-corrected chi connectivity index (χ2v) is 5.45. The highest BCUT2D eigenvalue weighted by Crippen LogP contribution is 2.26. The SMILES string of the molecule is Cc1c(Cl)c([N+](=O)[O-])nn1CC(=O)N1CCCC[C@H]1C. The minimum Gasteiger partial charge on any atom is -0.358 e. The van der Waals surface area contributed by atoms with Crippen LogP contribution >= 0.6 is 11.6 Å². The van der Waals surface area contributed by atoms with E-state index in [1.807, 2.05) is 11.8 Å². The van der Waals surface area contributed by atoms with Gasteiger partial charge in [-0.05, 0) is 38.0 Å². The third kappa shape index (κ3) is 2.77. The lowest BCUT2D eigenvalue weighted by atomic mass is 10.0. The number of amides is 1. The molecule has 0 bridgehead atoms. The number of carbonyl (C=O) groups is 1. The first kappa shape index (κ1) is 14.8. The lowest BCUT2D eigenvalue weighted by Crippen LogP contribution is -2.43. The summed E-state index contributed by atoms with van der Waals surface area (Å²) in [6, 6.07) is 0.206. The lowest BCUT2D eigenvalue weighted by Gasteiger charge is -2.33. The van der Waals surface area contributed by atoms with Crippen molar-refractivity contribution < 1.29 is 9.72 Å². The maximum absolute atomic E-state index is 12.3. The number of halogens is 1. The fraction of sp³-hybridized carbons (Fsp3) is 0.667. The van der Waals surface area contributed by atoms with Gasteiger partial charge in [-0.2, -0.15) is 4.68 Å². The predicted molar refractivity (Wildman–Crippen MR) is 73.7 cm³/mol. The fourth-order valence-corrected chi connectivity index (χ4v) is 2.67. The van der Waals surface area contributed by atoms with Gasteiger partial charge in [-0.25, -0.2) is 0 Å². The van der Waals surface area contributed by atoms with Crippen molar-refractivity contribution in [3.63, 3.8) is 0 Å². The van der Waals surface area contributed by atoms with Gasteiger partial charge in [0.2, 0.25) is 5.91 Å². The number of likely N-dealkylation sites (tertiary alicyclic amines) is 1. The Morgan fingerprint density at radius 2 is 2.25 bits per heavy atom. The van der Waals surface area contributed by atoms with Crippen LogP contribution in [0.5, 0.6) is 0 Å². The molecule has 0 saturated carbocycles. The van der Waals surface area contributed by atoms with Crippen LogP contribution in [0, 0.1) is 17.0 Å². The number of aromatic nitrogens is 2. The Bertz CT molecular complexity index is 543. The second-order valence-electron chi connectivity index (χ2n) is 5.07. The average molecular weight is 301 g/mol. The van der Waals surface area contributed by atoms with Crippen LogP contribution in [0.25, 0.3) is 0 Å². The molecule has 1 aliphatic heterocycles. The third-order valence-corrected chi connectivity index (χ3v) is 4.14. The van der Waals surface area contributed by atoms with Crippen LogP contribution in [0.3, 0.4) is 0 Å². The van der Waals surface area contributed by atoms with Crippen LogP contribution in [0.2, 0.25) is 5.02 Å². The molecule has 1 atom stereocenters. The molecule has 0 aliphatic carbocycles. The van der Waals surface area contributed by atoms with Crippen molar-refractivity contribution in [3.8, 4) is 0 Å². The van der Waals surface area contributed by atoms with Crippen LogP contribution in [0.15, 0.2) is 0 Å². The molecule has 1 amide bonds. The minimum absolute atomic E-state index is 0.00510. The lowest BCUT2D eigenvalue weighted by molar-refractivity contribution is -0.389. The van der Waals surface area contributed by atoms with E-state index in [2.05, 4.69) is 5.10 Å². The molecule has 1 aromatic heterocycles. The predicted octanol–water partition coefficient (Wildman–Crippen LogP) is 2.15. The third-order valence-electron chi connectivity index (χ3n) is 3.70. The molecule has 0 aromatic carbocycles. The molecule has 20 heavy (non-hydrogen) atoms. The smallest absolute Gasteiger partial charge is 0.358 e. The summed E-state index contributed by atoms with van der Waals surface area (Å²) >= 11 is 5.86. The molecule has 1 aliphatic rings. The van der Waals surface area contributed by atoms with Crippen LogP contribution in [0.4, 0.5) is 5.82 Å². The van der Waals surface area contributed by atoms with Crippen molar-refractivity contribution in [2.24, 2.45) is 0 Å². The minimum atomic E-state index is -0.639. The van der Waals surface area contributed by atoms with E-state index < -0.39 is 10.7 Å². The van der Waals surface area contributed by atoms with E-state index in [4.69, 9.17) is 11.6 Å². The van der Waals surface area contributed by atoms with E-state index >= 15 is 0 Å². The highest BCUT2D eigenvalue weighted by Gasteiger charge is 2.28. The summed E-state index contributed by atoms with van der Waals surface area (Å²) in [4.78, 5) is 24.2. The molecule has 1 aromatic rings. The molecule has 2 rings (SSSR count). The Kier molecular flexibility index (Phi) is 4.27. The van der Waals surface area contributed by atoms with Crippen molar-refractivity contribution in [2.45, 2.75) is 45.7 Å². The molecule has 110 valence electrons. The maximum atomic E-state index is 12.3. The van der Waals surface area contributed by atoms with Gasteiger partial charge in [0, 0.05) is 12.6 Å². The molecule has 2 heterocycles. The van der Waals surface area contributed by atoms with Crippen molar-refractivity contribution >= 4 is 23.3 Å². The summed E-state index contributed by atoms with van der Waals surface area (Å²) in [6.45, 7) is 4.36. The fourth-order valence-electron chi connectivity index (χ4n) is 2.47. The topological polar surface area (TPSA) is 81.3 Å². The van der Waals surface area contributed by atoms with Gasteiger partial charge in [-0.3, -0.25) is 4.79 Å². The molecule has 1 fully saturated rings.